The number of aliphatic hydroxyl groups excluding tert-OH is 1. The Morgan fingerprint density at radius 1 is 1.42 bits per heavy atom. The number of carbonyl (C=O) groups excluding carboxylic acids is 1. The van der Waals surface area contributed by atoms with Gasteiger partial charge in [0.05, 0.1) is 12.2 Å². The third-order valence-electron chi connectivity index (χ3n) is 6.68. The lowest BCUT2D eigenvalue weighted by atomic mass is 9.63. The van der Waals surface area contributed by atoms with E-state index in [2.05, 4.69) is 17.3 Å². The van der Waals surface area contributed by atoms with Crippen molar-refractivity contribution in [2.24, 2.45) is 23.2 Å². The van der Waals surface area contributed by atoms with Crippen LogP contribution in [-0.2, 0) is 23.8 Å². The quantitative estimate of drug-likeness (QED) is 0.180. The number of allylic oxidation sites excluding steroid dienone is 2. The van der Waals surface area contributed by atoms with Gasteiger partial charge >= 0.3 is 21.6 Å². The summed E-state index contributed by atoms with van der Waals surface area (Å²) >= 11 is 0. The summed E-state index contributed by atoms with van der Waals surface area (Å²) in [4.78, 5) is 12.1. The van der Waals surface area contributed by atoms with Crippen molar-refractivity contribution >= 4 is 16.1 Å². The summed E-state index contributed by atoms with van der Waals surface area (Å²) in [5.74, 6) is -0.942. The molecule has 0 heterocycles. The topological polar surface area (TPSA) is 89.9 Å². The summed E-state index contributed by atoms with van der Waals surface area (Å²) in [6.45, 7) is 10.6. The highest BCUT2D eigenvalue weighted by Crippen LogP contribution is 2.58. The van der Waals surface area contributed by atoms with Gasteiger partial charge in [-0.05, 0) is 48.5 Å². The molecule has 0 aromatic heterocycles. The fourth-order valence-corrected chi connectivity index (χ4v) is 5.37. The minimum atomic E-state index is -5.69. The van der Waals surface area contributed by atoms with Crippen molar-refractivity contribution in [1.82, 2.24) is 0 Å². The number of hydrogen-bond acceptors (Lipinski definition) is 6. The van der Waals surface area contributed by atoms with Crippen molar-refractivity contribution in [2.75, 3.05) is 6.61 Å². The van der Waals surface area contributed by atoms with Gasteiger partial charge in [-0.1, -0.05) is 26.5 Å². The zero-order valence-electron chi connectivity index (χ0n) is 17.7. The molecule has 0 saturated heterocycles. The van der Waals surface area contributed by atoms with E-state index in [9.17, 15) is 26.4 Å². The largest absolute Gasteiger partial charge is 0.534 e. The highest BCUT2D eigenvalue weighted by molar-refractivity contribution is 7.87. The van der Waals surface area contributed by atoms with Gasteiger partial charge in [-0.25, -0.2) is 4.79 Å². The van der Waals surface area contributed by atoms with Crippen LogP contribution < -0.4 is 0 Å². The highest BCUT2D eigenvalue weighted by atomic mass is 32.2. The van der Waals surface area contributed by atoms with E-state index < -0.39 is 34.3 Å². The second kappa shape index (κ2) is 9.36. The first-order chi connectivity index (χ1) is 14.3. The minimum Gasteiger partial charge on any atom is -0.458 e. The standard InChI is InChI=1S/C21H29F3O6S/c1-5-6-18(29-19(26)13(2)12-25)14(3)17-8-7-15-11-16(9-10-20(15,17)4)30-31(27,28)21(22,23)24/h5,9,14-15,17-18,25H,1-2,6-8,10-12H2,3-4H3/t14-,15-,17+,18+,20-/m0/s1. The van der Waals surface area contributed by atoms with Crippen LogP contribution in [0.25, 0.3) is 0 Å². The molecule has 0 bridgehead atoms. The normalized spacial score (nSPS) is 28.1. The molecule has 0 aromatic carbocycles. The van der Waals surface area contributed by atoms with Crippen LogP contribution in [0.4, 0.5) is 13.2 Å². The fourth-order valence-electron chi connectivity index (χ4n) is 4.85. The number of aliphatic hydroxyl groups is 1. The lowest BCUT2D eigenvalue weighted by Crippen LogP contribution is -2.40. The average molecular weight is 467 g/mol. The number of halogens is 3. The molecule has 0 aromatic rings. The molecule has 1 fully saturated rings. The van der Waals surface area contributed by atoms with Crippen LogP contribution in [-0.4, -0.2) is 37.7 Å². The van der Waals surface area contributed by atoms with E-state index in [4.69, 9.17) is 9.84 Å². The molecule has 5 atom stereocenters. The molecule has 0 aliphatic heterocycles. The van der Waals surface area contributed by atoms with E-state index in [0.717, 1.165) is 6.42 Å². The zero-order valence-corrected chi connectivity index (χ0v) is 18.5. The lowest BCUT2D eigenvalue weighted by molar-refractivity contribution is -0.149. The average Bonchev–Trinajstić information content (AvgIpc) is 3.01. The van der Waals surface area contributed by atoms with Gasteiger partial charge in [-0.15, -0.1) is 6.58 Å². The van der Waals surface area contributed by atoms with Crippen molar-refractivity contribution in [2.45, 2.75) is 57.6 Å². The summed E-state index contributed by atoms with van der Waals surface area (Å²) in [6.07, 6.45) is 4.86. The summed E-state index contributed by atoms with van der Waals surface area (Å²) in [5.41, 5.74) is -5.83. The monoisotopic (exact) mass is 466 g/mol. The molecule has 2 aliphatic rings. The number of alkyl halides is 3. The van der Waals surface area contributed by atoms with E-state index >= 15 is 0 Å². The number of ether oxygens (including phenoxy) is 1. The molecule has 2 rings (SSSR count). The van der Waals surface area contributed by atoms with E-state index in [1.807, 2.05) is 13.8 Å². The van der Waals surface area contributed by atoms with Crippen LogP contribution in [0.1, 0.15) is 46.0 Å². The summed E-state index contributed by atoms with van der Waals surface area (Å²) in [6, 6.07) is 0. The molecular formula is C21H29F3O6S. The molecule has 1 saturated carbocycles. The SMILES string of the molecule is C=CC[C@@H](OC(=O)C(=C)CO)[C@@H](C)[C@H]1CC[C@H]2CC(OS(=O)(=O)C(F)(F)F)=CC[C@@]21C. The van der Waals surface area contributed by atoms with E-state index in [1.54, 1.807) is 6.08 Å². The molecule has 6 nitrogen and oxygen atoms in total. The van der Waals surface area contributed by atoms with Crippen LogP contribution >= 0.6 is 0 Å². The van der Waals surface area contributed by atoms with E-state index in [1.165, 1.54) is 6.08 Å². The molecule has 176 valence electrons. The molecule has 0 unspecified atom stereocenters. The van der Waals surface area contributed by atoms with Crippen LogP contribution in [0.3, 0.4) is 0 Å². The van der Waals surface area contributed by atoms with E-state index in [-0.39, 0.29) is 40.9 Å². The van der Waals surface area contributed by atoms with Crippen molar-refractivity contribution in [1.29, 1.82) is 0 Å². The Balaban J connectivity index is 2.18. The second-order valence-corrected chi connectivity index (χ2v) is 10.1. The molecule has 0 radical (unpaired) electrons. The first-order valence-corrected chi connectivity index (χ1v) is 11.5. The van der Waals surface area contributed by atoms with Gasteiger partial charge in [0.2, 0.25) is 0 Å². The second-order valence-electron chi connectivity index (χ2n) is 8.54. The smallest absolute Gasteiger partial charge is 0.458 e. The Hall–Kier alpha value is -1.81. The Bertz CT molecular complexity index is 848. The Morgan fingerprint density at radius 2 is 2.06 bits per heavy atom. The van der Waals surface area contributed by atoms with Crippen molar-refractivity contribution < 1.29 is 40.4 Å². The first-order valence-electron chi connectivity index (χ1n) is 10.1. The third-order valence-corrected chi connectivity index (χ3v) is 7.68. The molecular weight excluding hydrogens is 437 g/mol. The predicted molar refractivity (Wildman–Crippen MR) is 108 cm³/mol. The van der Waals surface area contributed by atoms with Crippen LogP contribution in [0, 0.1) is 23.2 Å². The van der Waals surface area contributed by atoms with Crippen molar-refractivity contribution in [3.63, 3.8) is 0 Å². The molecule has 1 N–H and O–H groups in total. The highest BCUT2D eigenvalue weighted by Gasteiger charge is 2.53. The van der Waals surface area contributed by atoms with Gasteiger partial charge in [-0.3, -0.25) is 0 Å². The van der Waals surface area contributed by atoms with Gasteiger partial charge in [0, 0.05) is 12.8 Å². The van der Waals surface area contributed by atoms with Gasteiger partial charge in [0.1, 0.15) is 11.9 Å². The number of esters is 1. The molecule has 31 heavy (non-hydrogen) atoms. The first kappa shape index (κ1) is 25.5. The van der Waals surface area contributed by atoms with Crippen molar-refractivity contribution in [3.05, 3.63) is 36.6 Å². The minimum absolute atomic E-state index is 0.0509. The van der Waals surface area contributed by atoms with Crippen molar-refractivity contribution in [3.8, 4) is 0 Å². The van der Waals surface area contributed by atoms with Gasteiger partial charge in [-0.2, -0.15) is 21.6 Å². The third kappa shape index (κ3) is 5.34. The maximum absolute atomic E-state index is 12.6. The summed E-state index contributed by atoms with van der Waals surface area (Å²) in [7, 11) is -5.69. The lowest BCUT2D eigenvalue weighted by Gasteiger charge is -2.43. The number of carbonyl (C=O) groups is 1. The van der Waals surface area contributed by atoms with E-state index in [0.29, 0.717) is 19.3 Å². The zero-order chi connectivity index (χ0) is 23.6. The Morgan fingerprint density at radius 3 is 2.61 bits per heavy atom. The Labute approximate surface area is 180 Å². The number of fused-ring (bicyclic) bond motifs is 1. The van der Waals surface area contributed by atoms with Gasteiger partial charge in [0.25, 0.3) is 0 Å². The Kier molecular flexibility index (Phi) is 7.68. The van der Waals surface area contributed by atoms with Gasteiger partial charge in [0.15, 0.2) is 0 Å². The van der Waals surface area contributed by atoms with Crippen LogP contribution in [0.2, 0.25) is 0 Å². The summed E-state index contributed by atoms with van der Waals surface area (Å²) < 4.78 is 70.5. The van der Waals surface area contributed by atoms with Gasteiger partial charge < -0.3 is 14.0 Å². The molecule has 0 spiro atoms. The molecule has 2 aliphatic carbocycles. The maximum atomic E-state index is 12.6. The predicted octanol–water partition coefficient (Wildman–Crippen LogP) is 4.24. The number of rotatable bonds is 9. The van der Waals surface area contributed by atoms with Crippen LogP contribution in [0.5, 0.6) is 0 Å². The molecule has 0 amide bonds. The van der Waals surface area contributed by atoms with Crippen LogP contribution in [0.15, 0.2) is 36.6 Å². The number of hydrogen-bond donors (Lipinski definition) is 1. The molecule has 10 heteroatoms. The fraction of sp³-hybridized carbons (Fsp3) is 0.667. The maximum Gasteiger partial charge on any atom is 0.534 e. The summed E-state index contributed by atoms with van der Waals surface area (Å²) in [5, 5.41) is 9.10.